The number of para-hydroxylation sites is 2. The summed E-state index contributed by atoms with van der Waals surface area (Å²) in [6.07, 6.45) is 1.82. The van der Waals surface area contributed by atoms with Crippen molar-refractivity contribution < 1.29 is 9.84 Å². The first-order valence-corrected chi connectivity index (χ1v) is 8.53. The topological polar surface area (TPSA) is 47.3 Å². The van der Waals surface area contributed by atoms with Crippen LogP contribution < -0.4 is 4.74 Å². The SMILES string of the molecule is Cc1ccc(OC[C@@H](O)Cn2c(C3CC3)nc3ccccc32)cc1. The second kappa shape index (κ2) is 6.29. The Morgan fingerprint density at radius 1 is 1.17 bits per heavy atom. The lowest BCUT2D eigenvalue weighted by molar-refractivity contribution is 0.0927. The number of aromatic nitrogens is 2. The molecule has 0 amide bonds. The molecule has 4 rings (SSSR count). The predicted octanol–water partition coefficient (Wildman–Crippen LogP) is 3.66. The van der Waals surface area contributed by atoms with Crippen LogP contribution in [0.15, 0.2) is 48.5 Å². The highest BCUT2D eigenvalue weighted by atomic mass is 16.5. The number of imidazole rings is 1. The highest BCUT2D eigenvalue weighted by molar-refractivity contribution is 5.76. The zero-order valence-corrected chi connectivity index (χ0v) is 13.9. The average molecular weight is 322 g/mol. The normalized spacial score (nSPS) is 15.6. The number of nitrogens with zero attached hydrogens (tertiary/aromatic N) is 2. The molecule has 1 saturated carbocycles. The molecule has 0 aliphatic heterocycles. The van der Waals surface area contributed by atoms with E-state index in [0.29, 0.717) is 12.5 Å². The summed E-state index contributed by atoms with van der Waals surface area (Å²) in [6.45, 7) is 2.83. The largest absolute Gasteiger partial charge is 0.491 e. The van der Waals surface area contributed by atoms with Crippen molar-refractivity contribution in [2.24, 2.45) is 0 Å². The molecule has 4 nitrogen and oxygen atoms in total. The molecule has 0 saturated heterocycles. The lowest BCUT2D eigenvalue weighted by atomic mass is 10.2. The highest BCUT2D eigenvalue weighted by Gasteiger charge is 2.30. The van der Waals surface area contributed by atoms with Crippen LogP contribution >= 0.6 is 0 Å². The van der Waals surface area contributed by atoms with Gasteiger partial charge in [0.25, 0.3) is 0 Å². The first-order valence-electron chi connectivity index (χ1n) is 8.53. The first kappa shape index (κ1) is 15.2. The van der Waals surface area contributed by atoms with Gasteiger partial charge in [-0.3, -0.25) is 0 Å². The first-order chi connectivity index (χ1) is 11.7. The highest BCUT2D eigenvalue weighted by Crippen LogP contribution is 2.40. The van der Waals surface area contributed by atoms with Crippen molar-refractivity contribution in [3.8, 4) is 5.75 Å². The number of hydrogen-bond donors (Lipinski definition) is 1. The van der Waals surface area contributed by atoms with Gasteiger partial charge in [0.2, 0.25) is 0 Å². The third kappa shape index (κ3) is 3.15. The van der Waals surface area contributed by atoms with Crippen LogP contribution in [0.25, 0.3) is 11.0 Å². The summed E-state index contributed by atoms with van der Waals surface area (Å²) in [4.78, 5) is 4.77. The molecular formula is C20H22N2O2. The van der Waals surface area contributed by atoms with E-state index in [-0.39, 0.29) is 6.61 Å². The van der Waals surface area contributed by atoms with Crippen LogP contribution in [0, 0.1) is 6.92 Å². The van der Waals surface area contributed by atoms with Crippen molar-refractivity contribution in [2.75, 3.05) is 6.61 Å². The van der Waals surface area contributed by atoms with Crippen LogP contribution in [0.2, 0.25) is 0 Å². The van der Waals surface area contributed by atoms with Gasteiger partial charge >= 0.3 is 0 Å². The number of aryl methyl sites for hydroxylation is 1. The van der Waals surface area contributed by atoms with E-state index in [0.717, 1.165) is 22.6 Å². The second-order valence-electron chi connectivity index (χ2n) is 6.62. The number of aliphatic hydroxyl groups excluding tert-OH is 1. The summed E-state index contributed by atoms with van der Waals surface area (Å²) < 4.78 is 7.88. The van der Waals surface area contributed by atoms with Crippen molar-refractivity contribution in [1.29, 1.82) is 0 Å². The Labute approximate surface area is 141 Å². The zero-order chi connectivity index (χ0) is 16.5. The molecule has 0 bridgehead atoms. The lowest BCUT2D eigenvalue weighted by Gasteiger charge is -2.15. The van der Waals surface area contributed by atoms with Gasteiger partial charge in [0.15, 0.2) is 0 Å². The van der Waals surface area contributed by atoms with E-state index in [1.54, 1.807) is 0 Å². The zero-order valence-electron chi connectivity index (χ0n) is 13.9. The quantitative estimate of drug-likeness (QED) is 0.753. The molecule has 0 radical (unpaired) electrons. The minimum Gasteiger partial charge on any atom is -0.491 e. The van der Waals surface area contributed by atoms with Crippen LogP contribution in [0.5, 0.6) is 5.75 Å². The van der Waals surface area contributed by atoms with Crippen molar-refractivity contribution in [1.82, 2.24) is 9.55 Å². The molecule has 0 spiro atoms. The van der Waals surface area contributed by atoms with Crippen LogP contribution in [0.1, 0.15) is 30.1 Å². The number of ether oxygens (including phenoxy) is 1. The van der Waals surface area contributed by atoms with E-state index < -0.39 is 6.10 Å². The Morgan fingerprint density at radius 2 is 1.92 bits per heavy atom. The molecule has 4 heteroatoms. The Balaban J connectivity index is 1.49. The van der Waals surface area contributed by atoms with E-state index in [1.807, 2.05) is 49.4 Å². The Kier molecular flexibility index (Phi) is 3.98. The van der Waals surface area contributed by atoms with Crippen LogP contribution in [0.3, 0.4) is 0 Å². The maximum atomic E-state index is 10.4. The van der Waals surface area contributed by atoms with Gasteiger partial charge in [0.05, 0.1) is 17.6 Å². The molecule has 1 atom stereocenters. The van der Waals surface area contributed by atoms with E-state index in [1.165, 1.54) is 18.4 Å². The van der Waals surface area contributed by atoms with Crippen molar-refractivity contribution >= 4 is 11.0 Å². The fourth-order valence-corrected chi connectivity index (χ4v) is 3.03. The molecule has 3 aromatic rings. The van der Waals surface area contributed by atoms with Gasteiger partial charge in [-0.2, -0.15) is 0 Å². The molecule has 24 heavy (non-hydrogen) atoms. The standard InChI is InChI=1S/C20H22N2O2/c1-14-6-10-17(11-7-14)24-13-16(23)12-22-19-5-3-2-4-18(19)21-20(22)15-8-9-15/h2-7,10-11,15-16,23H,8-9,12-13H2,1H3/t16-/m0/s1. The molecule has 1 aliphatic carbocycles. The summed E-state index contributed by atoms with van der Waals surface area (Å²) in [5, 5.41) is 10.4. The third-order valence-electron chi connectivity index (χ3n) is 4.48. The fourth-order valence-electron chi connectivity index (χ4n) is 3.03. The fraction of sp³-hybridized carbons (Fsp3) is 0.350. The van der Waals surface area contributed by atoms with Crippen LogP contribution in [-0.4, -0.2) is 27.4 Å². The van der Waals surface area contributed by atoms with Crippen molar-refractivity contribution in [3.05, 3.63) is 59.9 Å². The third-order valence-corrected chi connectivity index (χ3v) is 4.48. The minimum absolute atomic E-state index is 0.277. The average Bonchev–Trinajstić information content (AvgIpc) is 3.38. The Bertz CT molecular complexity index is 834. The molecule has 1 fully saturated rings. The maximum absolute atomic E-state index is 10.4. The van der Waals surface area contributed by atoms with E-state index in [2.05, 4.69) is 10.6 Å². The van der Waals surface area contributed by atoms with E-state index >= 15 is 0 Å². The summed E-state index contributed by atoms with van der Waals surface area (Å²) in [5.74, 6) is 2.44. The molecular weight excluding hydrogens is 300 g/mol. The number of fused-ring (bicyclic) bond motifs is 1. The van der Waals surface area contributed by atoms with E-state index in [9.17, 15) is 5.11 Å². The number of hydrogen-bond acceptors (Lipinski definition) is 3. The van der Waals surface area contributed by atoms with Gasteiger partial charge in [0.1, 0.15) is 24.3 Å². The van der Waals surface area contributed by atoms with Gasteiger partial charge in [-0.25, -0.2) is 4.98 Å². The summed E-state index contributed by atoms with van der Waals surface area (Å²) >= 11 is 0. The number of benzene rings is 2. The molecule has 0 unspecified atom stereocenters. The monoisotopic (exact) mass is 322 g/mol. The molecule has 1 heterocycles. The lowest BCUT2D eigenvalue weighted by Crippen LogP contribution is -2.24. The van der Waals surface area contributed by atoms with Crippen LogP contribution in [-0.2, 0) is 6.54 Å². The number of rotatable bonds is 6. The van der Waals surface area contributed by atoms with Crippen molar-refractivity contribution in [3.63, 3.8) is 0 Å². The van der Waals surface area contributed by atoms with Crippen molar-refractivity contribution in [2.45, 2.75) is 38.3 Å². The second-order valence-corrected chi connectivity index (χ2v) is 6.62. The van der Waals surface area contributed by atoms with Gasteiger partial charge in [0, 0.05) is 5.92 Å². The molecule has 1 aliphatic rings. The maximum Gasteiger partial charge on any atom is 0.119 e. The number of aliphatic hydroxyl groups is 1. The van der Waals surface area contributed by atoms with E-state index in [4.69, 9.17) is 9.72 Å². The molecule has 1 aromatic heterocycles. The van der Waals surface area contributed by atoms with Gasteiger partial charge in [-0.05, 0) is 44.0 Å². The molecule has 2 aromatic carbocycles. The summed E-state index contributed by atoms with van der Waals surface area (Å²) in [5.41, 5.74) is 3.29. The molecule has 1 N–H and O–H groups in total. The van der Waals surface area contributed by atoms with Gasteiger partial charge < -0.3 is 14.4 Å². The summed E-state index contributed by atoms with van der Waals surface area (Å²) in [6, 6.07) is 16.0. The smallest absolute Gasteiger partial charge is 0.119 e. The van der Waals surface area contributed by atoms with Gasteiger partial charge in [-0.1, -0.05) is 29.8 Å². The Morgan fingerprint density at radius 3 is 2.67 bits per heavy atom. The minimum atomic E-state index is -0.568. The Hall–Kier alpha value is -2.33. The molecule has 124 valence electrons. The predicted molar refractivity (Wildman–Crippen MR) is 94.4 cm³/mol. The van der Waals surface area contributed by atoms with Crippen LogP contribution in [0.4, 0.5) is 0 Å². The van der Waals surface area contributed by atoms with Gasteiger partial charge in [-0.15, -0.1) is 0 Å². The summed E-state index contributed by atoms with van der Waals surface area (Å²) in [7, 11) is 0.